The van der Waals surface area contributed by atoms with Gasteiger partial charge in [-0.15, -0.1) is 0 Å². The normalized spacial score (nSPS) is 15.1. The Kier molecular flexibility index (Phi) is 1.96. The summed E-state index contributed by atoms with van der Waals surface area (Å²) in [5.74, 6) is -0.522. The lowest BCUT2D eigenvalue weighted by Gasteiger charge is -2.17. The van der Waals surface area contributed by atoms with E-state index in [0.717, 1.165) is 0 Å². The van der Waals surface area contributed by atoms with Crippen molar-refractivity contribution in [1.29, 1.82) is 0 Å². The van der Waals surface area contributed by atoms with Gasteiger partial charge in [0.25, 0.3) is 0 Å². The van der Waals surface area contributed by atoms with E-state index in [4.69, 9.17) is 11.6 Å². The van der Waals surface area contributed by atoms with E-state index in [9.17, 15) is 9.18 Å². The third kappa shape index (κ3) is 1.40. The average Bonchev–Trinajstić information content (AvgIpc) is 2.07. The smallest absolute Gasteiger partial charge is 0.166 e. The molecule has 0 spiro atoms. The Balaban J connectivity index is 2.63. The van der Waals surface area contributed by atoms with Crippen LogP contribution in [-0.4, -0.2) is 12.3 Å². The predicted octanol–water partition coefficient (Wildman–Crippen LogP) is 2.48. The zero-order valence-electron chi connectivity index (χ0n) is 6.73. The van der Waals surface area contributed by atoms with Crippen LogP contribution in [0.25, 0.3) is 0 Å². The molecule has 13 heavy (non-hydrogen) atoms. The summed E-state index contributed by atoms with van der Waals surface area (Å²) in [4.78, 5) is 11.3. The fraction of sp³-hybridized carbons (Fsp3) is 0.222. The zero-order chi connectivity index (χ0) is 9.42. The molecule has 1 heterocycles. The van der Waals surface area contributed by atoms with Crippen molar-refractivity contribution >= 4 is 23.1 Å². The first-order chi connectivity index (χ1) is 6.18. The number of hydrogen-bond acceptors (Lipinski definition) is 2. The molecule has 1 aliphatic rings. The van der Waals surface area contributed by atoms with E-state index in [1.165, 1.54) is 12.1 Å². The number of anilines is 1. The van der Waals surface area contributed by atoms with Crippen molar-refractivity contribution in [2.45, 2.75) is 6.42 Å². The minimum absolute atomic E-state index is 0.0600. The van der Waals surface area contributed by atoms with Gasteiger partial charge in [0.05, 0.1) is 5.69 Å². The number of carbonyl (C=O) groups excluding carboxylic acids is 1. The number of ketones is 1. The lowest BCUT2D eigenvalue weighted by Crippen LogP contribution is -2.19. The molecule has 0 saturated heterocycles. The second-order valence-corrected chi connectivity index (χ2v) is 3.35. The number of nitrogens with one attached hydrogen (secondary N) is 1. The quantitative estimate of drug-likeness (QED) is 0.696. The van der Waals surface area contributed by atoms with Crippen LogP contribution in [0.3, 0.4) is 0 Å². The molecule has 0 unspecified atom stereocenters. The molecule has 0 saturated carbocycles. The van der Waals surface area contributed by atoms with Crippen molar-refractivity contribution in [3.05, 3.63) is 28.5 Å². The largest absolute Gasteiger partial charge is 0.382 e. The van der Waals surface area contributed by atoms with Crippen LogP contribution >= 0.6 is 11.6 Å². The first-order valence-electron chi connectivity index (χ1n) is 3.94. The highest BCUT2D eigenvalue weighted by Crippen LogP contribution is 2.28. The maximum Gasteiger partial charge on any atom is 0.166 e. The van der Waals surface area contributed by atoms with Gasteiger partial charge in [-0.2, -0.15) is 0 Å². The maximum atomic E-state index is 13.2. The topological polar surface area (TPSA) is 29.1 Å². The second-order valence-electron chi connectivity index (χ2n) is 2.91. The van der Waals surface area contributed by atoms with Gasteiger partial charge < -0.3 is 5.32 Å². The molecule has 0 amide bonds. The number of rotatable bonds is 0. The van der Waals surface area contributed by atoms with Crippen molar-refractivity contribution in [1.82, 2.24) is 0 Å². The van der Waals surface area contributed by atoms with Crippen molar-refractivity contribution in [3.8, 4) is 0 Å². The zero-order valence-corrected chi connectivity index (χ0v) is 7.49. The number of Topliss-reactive ketones (excluding diaryl/α,β-unsaturated/α-hetero) is 1. The Morgan fingerprint density at radius 3 is 3.00 bits per heavy atom. The molecular formula is C9H7ClFNO. The highest BCUT2D eigenvalue weighted by Gasteiger charge is 2.20. The average molecular weight is 200 g/mol. The summed E-state index contributed by atoms with van der Waals surface area (Å²) in [6, 6.07) is 2.69. The molecule has 2 nitrogen and oxygen atoms in total. The molecule has 0 bridgehead atoms. The monoisotopic (exact) mass is 199 g/mol. The molecule has 2 rings (SSSR count). The molecule has 1 aliphatic heterocycles. The Morgan fingerprint density at radius 2 is 2.23 bits per heavy atom. The molecule has 1 aromatic rings. The third-order valence-electron chi connectivity index (χ3n) is 2.01. The van der Waals surface area contributed by atoms with E-state index in [-0.39, 0.29) is 16.5 Å². The van der Waals surface area contributed by atoms with Gasteiger partial charge in [0.15, 0.2) is 5.78 Å². The molecule has 1 aromatic carbocycles. The summed E-state index contributed by atoms with van der Waals surface area (Å²) in [7, 11) is 0. The van der Waals surface area contributed by atoms with Crippen LogP contribution in [0.5, 0.6) is 0 Å². The fourth-order valence-electron chi connectivity index (χ4n) is 1.41. The van der Waals surface area contributed by atoms with Crippen LogP contribution in [0.15, 0.2) is 12.1 Å². The van der Waals surface area contributed by atoms with Gasteiger partial charge in [0.1, 0.15) is 5.82 Å². The maximum absolute atomic E-state index is 13.2. The van der Waals surface area contributed by atoms with Crippen LogP contribution in [0.1, 0.15) is 16.8 Å². The van der Waals surface area contributed by atoms with Gasteiger partial charge in [-0.05, 0) is 12.1 Å². The van der Waals surface area contributed by atoms with Gasteiger partial charge in [-0.25, -0.2) is 4.39 Å². The molecule has 1 N–H and O–H groups in total. The second kappa shape index (κ2) is 3.00. The minimum atomic E-state index is -0.462. The lowest BCUT2D eigenvalue weighted by molar-refractivity contribution is 0.0983. The van der Waals surface area contributed by atoms with Gasteiger partial charge in [0.2, 0.25) is 0 Å². The minimum Gasteiger partial charge on any atom is -0.382 e. The van der Waals surface area contributed by atoms with Crippen LogP contribution in [-0.2, 0) is 0 Å². The van der Waals surface area contributed by atoms with Crippen molar-refractivity contribution < 1.29 is 9.18 Å². The third-order valence-corrected chi connectivity index (χ3v) is 2.23. The van der Waals surface area contributed by atoms with E-state index < -0.39 is 5.82 Å². The van der Waals surface area contributed by atoms with E-state index in [1.54, 1.807) is 0 Å². The Bertz CT molecular complexity index is 378. The van der Waals surface area contributed by atoms with Crippen molar-refractivity contribution in [3.63, 3.8) is 0 Å². The predicted molar refractivity (Wildman–Crippen MR) is 48.8 cm³/mol. The summed E-state index contributed by atoms with van der Waals surface area (Å²) in [5, 5.41) is 3.09. The van der Waals surface area contributed by atoms with Gasteiger partial charge in [0, 0.05) is 23.6 Å². The van der Waals surface area contributed by atoms with Crippen molar-refractivity contribution in [2.24, 2.45) is 0 Å². The van der Waals surface area contributed by atoms with Gasteiger partial charge in [-0.3, -0.25) is 4.79 Å². The lowest BCUT2D eigenvalue weighted by atomic mass is 10.0. The molecule has 4 heteroatoms. The van der Waals surface area contributed by atoms with Crippen molar-refractivity contribution in [2.75, 3.05) is 11.9 Å². The molecule has 0 aromatic heterocycles. The Labute approximate surface area is 79.7 Å². The highest BCUT2D eigenvalue weighted by molar-refractivity contribution is 6.31. The van der Waals surface area contributed by atoms with Gasteiger partial charge in [-0.1, -0.05) is 11.6 Å². The summed E-state index contributed by atoms with van der Waals surface area (Å²) >= 11 is 5.63. The Morgan fingerprint density at radius 1 is 1.46 bits per heavy atom. The summed E-state index contributed by atoms with van der Waals surface area (Å²) in [5.41, 5.74) is 0.636. The van der Waals surface area contributed by atoms with Crippen LogP contribution < -0.4 is 5.32 Å². The van der Waals surface area contributed by atoms with Gasteiger partial charge >= 0.3 is 0 Å². The fourth-order valence-corrected chi connectivity index (χ4v) is 1.61. The summed E-state index contributed by atoms with van der Waals surface area (Å²) in [6.45, 7) is 0.490. The number of carbonyl (C=O) groups is 1. The molecule has 0 aliphatic carbocycles. The van der Waals surface area contributed by atoms with E-state index >= 15 is 0 Å². The number of hydrogen-bond donors (Lipinski definition) is 1. The number of fused-ring (bicyclic) bond motifs is 1. The first kappa shape index (κ1) is 8.51. The molecule has 0 radical (unpaired) electrons. The molecular weight excluding hydrogens is 193 g/mol. The van der Waals surface area contributed by atoms with E-state index in [1.807, 2.05) is 0 Å². The highest BCUT2D eigenvalue weighted by atomic mass is 35.5. The standard InChI is InChI=1S/C9H7ClFNO/c10-5-3-6-8(13)1-2-12-9(6)7(11)4-5/h3-4,12H,1-2H2. The van der Waals surface area contributed by atoms with Crippen LogP contribution in [0, 0.1) is 5.82 Å². The van der Waals surface area contributed by atoms with E-state index in [0.29, 0.717) is 18.5 Å². The number of halogens is 2. The summed E-state index contributed by atoms with van der Waals surface area (Å²) in [6.07, 6.45) is 0.396. The SMILES string of the molecule is O=C1CCNc2c(F)cc(Cl)cc21. The van der Waals surface area contributed by atoms with Crippen LogP contribution in [0.2, 0.25) is 5.02 Å². The molecule has 0 atom stereocenters. The summed E-state index contributed by atoms with van der Waals surface area (Å²) < 4.78 is 13.2. The first-order valence-corrected chi connectivity index (χ1v) is 4.32. The van der Waals surface area contributed by atoms with E-state index in [2.05, 4.69) is 5.32 Å². The number of benzene rings is 1. The Hall–Kier alpha value is -1.09. The molecule has 68 valence electrons. The van der Waals surface area contributed by atoms with Crippen LogP contribution in [0.4, 0.5) is 10.1 Å². The molecule has 0 fully saturated rings.